The zero-order valence-corrected chi connectivity index (χ0v) is 13.7. The third-order valence-corrected chi connectivity index (χ3v) is 3.80. The van der Waals surface area contributed by atoms with Crippen molar-refractivity contribution in [3.8, 4) is 0 Å². The third-order valence-electron chi connectivity index (χ3n) is 3.19. The summed E-state index contributed by atoms with van der Waals surface area (Å²) in [6.07, 6.45) is 0.493. The fourth-order valence-electron chi connectivity index (χ4n) is 2.11. The molecule has 0 fully saturated rings. The average molecular weight is 334 g/mol. The van der Waals surface area contributed by atoms with Gasteiger partial charge in [0.25, 0.3) is 0 Å². The normalized spacial score (nSPS) is 11.6. The number of rotatable bonds is 6. The Morgan fingerprint density at radius 3 is 2.87 bits per heavy atom. The number of urea groups is 1. The van der Waals surface area contributed by atoms with Gasteiger partial charge in [0.2, 0.25) is 5.13 Å². The number of hydrogen-bond acceptors (Lipinski definition) is 6. The molecule has 1 aromatic heterocycles. The molecule has 0 aliphatic rings. The number of hydrogen-bond donors (Lipinski definition) is 2. The molecule has 0 spiro atoms. The third kappa shape index (κ3) is 5.33. The molecule has 2 amide bonds. The molecule has 0 bridgehead atoms. The van der Waals surface area contributed by atoms with Gasteiger partial charge in [-0.15, -0.1) is 10.2 Å². The van der Waals surface area contributed by atoms with Crippen molar-refractivity contribution >= 4 is 28.5 Å². The lowest BCUT2D eigenvalue weighted by atomic mass is 9.98. The maximum absolute atomic E-state index is 11.9. The van der Waals surface area contributed by atoms with Crippen molar-refractivity contribution in [2.45, 2.75) is 13.3 Å². The van der Waals surface area contributed by atoms with Gasteiger partial charge in [-0.05, 0) is 18.9 Å². The quantitative estimate of drug-likeness (QED) is 0.788. The SMILES string of the molecule is COC(=O)[C@@H](CNC(=O)Nc1nncs1)Cc1cccc(C)c1. The summed E-state index contributed by atoms with van der Waals surface area (Å²) in [5.74, 6) is -0.815. The maximum Gasteiger partial charge on any atom is 0.321 e. The number of nitrogens with one attached hydrogen (secondary N) is 2. The van der Waals surface area contributed by atoms with Crippen LogP contribution >= 0.6 is 11.3 Å². The molecule has 0 unspecified atom stereocenters. The van der Waals surface area contributed by atoms with Crippen molar-refractivity contribution in [2.75, 3.05) is 19.0 Å². The van der Waals surface area contributed by atoms with Crippen LogP contribution in [0.2, 0.25) is 0 Å². The second kappa shape index (κ2) is 8.23. The highest BCUT2D eigenvalue weighted by molar-refractivity contribution is 7.13. The summed E-state index contributed by atoms with van der Waals surface area (Å²) < 4.78 is 4.82. The van der Waals surface area contributed by atoms with E-state index in [9.17, 15) is 9.59 Å². The van der Waals surface area contributed by atoms with Crippen molar-refractivity contribution in [3.05, 3.63) is 40.9 Å². The fourth-order valence-corrected chi connectivity index (χ4v) is 2.55. The Morgan fingerprint density at radius 2 is 2.22 bits per heavy atom. The van der Waals surface area contributed by atoms with Crippen molar-refractivity contribution in [2.24, 2.45) is 5.92 Å². The van der Waals surface area contributed by atoms with E-state index >= 15 is 0 Å². The second-order valence-electron chi connectivity index (χ2n) is 4.99. The van der Waals surface area contributed by atoms with Crippen LogP contribution in [0.4, 0.5) is 9.93 Å². The highest BCUT2D eigenvalue weighted by Crippen LogP contribution is 2.12. The second-order valence-corrected chi connectivity index (χ2v) is 5.83. The first-order valence-electron chi connectivity index (χ1n) is 7.03. The number of amides is 2. The number of aromatic nitrogens is 2. The summed E-state index contributed by atoms with van der Waals surface area (Å²) in [5, 5.41) is 13.0. The molecule has 0 aliphatic heterocycles. The van der Waals surface area contributed by atoms with Crippen LogP contribution in [0.1, 0.15) is 11.1 Å². The predicted octanol–water partition coefficient (Wildman–Crippen LogP) is 2.00. The van der Waals surface area contributed by atoms with Gasteiger partial charge in [-0.25, -0.2) is 4.79 Å². The molecular formula is C15H18N4O3S. The summed E-state index contributed by atoms with van der Waals surface area (Å²) in [6.45, 7) is 2.16. The molecule has 2 N–H and O–H groups in total. The first kappa shape index (κ1) is 16.9. The molecule has 0 saturated heterocycles. The minimum atomic E-state index is -0.457. The van der Waals surface area contributed by atoms with Crippen LogP contribution in [0.3, 0.4) is 0 Å². The molecule has 0 saturated carbocycles. The van der Waals surface area contributed by atoms with E-state index in [-0.39, 0.29) is 12.5 Å². The summed E-state index contributed by atoms with van der Waals surface area (Å²) >= 11 is 1.21. The van der Waals surface area contributed by atoms with Crippen molar-refractivity contribution in [3.63, 3.8) is 0 Å². The Bertz CT molecular complexity index is 661. The highest BCUT2D eigenvalue weighted by Gasteiger charge is 2.21. The number of aryl methyl sites for hydroxylation is 1. The lowest BCUT2D eigenvalue weighted by Gasteiger charge is -2.16. The van der Waals surface area contributed by atoms with Crippen LogP contribution < -0.4 is 10.6 Å². The van der Waals surface area contributed by atoms with Crippen LogP contribution in [0, 0.1) is 12.8 Å². The number of nitrogens with zero attached hydrogens (tertiary/aromatic N) is 2. The lowest BCUT2D eigenvalue weighted by molar-refractivity contribution is -0.145. The van der Waals surface area contributed by atoms with Crippen LogP contribution in [0.15, 0.2) is 29.8 Å². The summed E-state index contributed by atoms with van der Waals surface area (Å²) in [6, 6.07) is 7.46. The Hall–Kier alpha value is -2.48. The maximum atomic E-state index is 11.9. The van der Waals surface area contributed by atoms with Crippen molar-refractivity contribution in [1.82, 2.24) is 15.5 Å². The van der Waals surface area contributed by atoms with Gasteiger partial charge in [-0.3, -0.25) is 10.1 Å². The van der Waals surface area contributed by atoms with Gasteiger partial charge in [-0.2, -0.15) is 0 Å². The smallest absolute Gasteiger partial charge is 0.321 e. The summed E-state index contributed by atoms with van der Waals surface area (Å²) in [4.78, 5) is 23.7. The number of methoxy groups -OCH3 is 1. The van der Waals surface area contributed by atoms with Crippen LogP contribution in [0.5, 0.6) is 0 Å². The largest absolute Gasteiger partial charge is 0.469 e. The van der Waals surface area contributed by atoms with Gasteiger partial charge in [0.15, 0.2) is 0 Å². The van der Waals surface area contributed by atoms with E-state index in [2.05, 4.69) is 20.8 Å². The van der Waals surface area contributed by atoms with Crippen molar-refractivity contribution < 1.29 is 14.3 Å². The fraction of sp³-hybridized carbons (Fsp3) is 0.333. The van der Waals surface area contributed by atoms with Gasteiger partial charge in [0.05, 0.1) is 13.0 Å². The van der Waals surface area contributed by atoms with E-state index in [1.54, 1.807) is 0 Å². The molecular weight excluding hydrogens is 316 g/mol. The standard InChI is InChI=1S/C15H18N4O3S/c1-10-4-3-5-11(6-10)7-12(13(20)22-2)8-16-14(21)18-15-19-17-9-23-15/h3-6,9,12H,7-8H2,1-2H3,(H2,16,18,19,21)/t12-/m1/s1. The van der Waals surface area contributed by atoms with Crippen molar-refractivity contribution in [1.29, 1.82) is 0 Å². The van der Waals surface area contributed by atoms with E-state index in [1.165, 1.54) is 24.0 Å². The Kier molecular flexibility index (Phi) is 6.04. The monoisotopic (exact) mass is 334 g/mol. The van der Waals surface area contributed by atoms with E-state index in [0.29, 0.717) is 11.6 Å². The van der Waals surface area contributed by atoms with Gasteiger partial charge in [0, 0.05) is 6.54 Å². The topological polar surface area (TPSA) is 93.2 Å². The van der Waals surface area contributed by atoms with Crippen LogP contribution in [0.25, 0.3) is 0 Å². The Balaban J connectivity index is 1.93. The number of carbonyl (C=O) groups excluding carboxylic acids is 2. The number of esters is 1. The minimum Gasteiger partial charge on any atom is -0.469 e. The van der Waals surface area contributed by atoms with E-state index in [0.717, 1.165) is 11.1 Å². The molecule has 1 atom stereocenters. The average Bonchev–Trinajstić information content (AvgIpc) is 3.03. The molecule has 1 aromatic carbocycles. The van der Waals surface area contributed by atoms with Gasteiger partial charge in [0.1, 0.15) is 5.51 Å². The lowest BCUT2D eigenvalue weighted by Crippen LogP contribution is -2.37. The predicted molar refractivity (Wildman–Crippen MR) is 87.3 cm³/mol. The number of anilines is 1. The number of benzene rings is 1. The molecule has 122 valence electrons. The number of ether oxygens (including phenoxy) is 1. The Morgan fingerprint density at radius 1 is 1.39 bits per heavy atom. The molecule has 0 radical (unpaired) electrons. The van der Waals surface area contributed by atoms with Gasteiger partial charge in [-0.1, -0.05) is 41.2 Å². The van der Waals surface area contributed by atoms with E-state index in [1.807, 2.05) is 31.2 Å². The van der Waals surface area contributed by atoms with Gasteiger partial charge < -0.3 is 10.1 Å². The van der Waals surface area contributed by atoms with Gasteiger partial charge >= 0.3 is 12.0 Å². The van der Waals surface area contributed by atoms with E-state index in [4.69, 9.17) is 4.74 Å². The summed E-state index contributed by atoms with van der Waals surface area (Å²) in [7, 11) is 1.34. The summed E-state index contributed by atoms with van der Waals surface area (Å²) in [5.41, 5.74) is 3.66. The molecule has 8 heteroatoms. The Labute approximate surface area is 138 Å². The highest BCUT2D eigenvalue weighted by atomic mass is 32.1. The first-order chi connectivity index (χ1) is 11.1. The molecule has 0 aliphatic carbocycles. The zero-order valence-electron chi connectivity index (χ0n) is 12.9. The zero-order chi connectivity index (χ0) is 16.7. The molecule has 1 heterocycles. The molecule has 23 heavy (non-hydrogen) atoms. The number of carbonyl (C=O) groups is 2. The van der Waals surface area contributed by atoms with E-state index < -0.39 is 11.9 Å². The minimum absolute atomic E-state index is 0.172. The van der Waals surface area contributed by atoms with Crippen LogP contribution in [-0.4, -0.2) is 35.9 Å². The first-order valence-corrected chi connectivity index (χ1v) is 7.91. The molecule has 2 rings (SSSR count). The molecule has 7 nitrogen and oxygen atoms in total. The van der Waals surface area contributed by atoms with Crippen LogP contribution in [-0.2, 0) is 16.0 Å². The molecule has 2 aromatic rings.